The highest BCUT2D eigenvalue weighted by Crippen LogP contribution is 2.29. The first-order valence-corrected chi connectivity index (χ1v) is 5.48. The molecule has 0 fully saturated rings. The minimum atomic E-state index is -0.0890. The van der Waals surface area contributed by atoms with Crippen molar-refractivity contribution in [1.29, 1.82) is 0 Å². The SMILES string of the molecule is Cc1cc(-c2ccc(Cl)cc2Cl)c[nH]c1=O. The Morgan fingerprint density at radius 1 is 1.19 bits per heavy atom. The summed E-state index contributed by atoms with van der Waals surface area (Å²) in [6, 6.07) is 7.08. The molecule has 2 nitrogen and oxygen atoms in total. The lowest BCUT2D eigenvalue weighted by molar-refractivity contribution is 1.18. The molecule has 0 aliphatic rings. The standard InChI is InChI=1S/C12H9Cl2NO/c1-7-4-8(6-15-12(7)16)10-3-2-9(13)5-11(10)14/h2-6H,1H3,(H,15,16). The number of benzene rings is 1. The number of hydrogen-bond donors (Lipinski definition) is 1. The number of H-pyrrole nitrogens is 1. The smallest absolute Gasteiger partial charge is 0.250 e. The predicted octanol–water partition coefficient (Wildman–Crippen LogP) is 3.66. The van der Waals surface area contributed by atoms with E-state index in [2.05, 4.69) is 4.98 Å². The number of pyridine rings is 1. The summed E-state index contributed by atoms with van der Waals surface area (Å²) in [5.74, 6) is 0. The fraction of sp³-hybridized carbons (Fsp3) is 0.0833. The van der Waals surface area contributed by atoms with Crippen LogP contribution >= 0.6 is 23.2 Å². The second-order valence-corrected chi connectivity index (χ2v) is 4.37. The Labute approximate surface area is 103 Å². The molecule has 1 heterocycles. The van der Waals surface area contributed by atoms with E-state index in [4.69, 9.17) is 23.2 Å². The Morgan fingerprint density at radius 3 is 2.56 bits per heavy atom. The normalized spacial score (nSPS) is 10.4. The zero-order valence-electron chi connectivity index (χ0n) is 8.55. The van der Waals surface area contributed by atoms with Gasteiger partial charge in [0.1, 0.15) is 0 Å². The van der Waals surface area contributed by atoms with Gasteiger partial charge in [-0.05, 0) is 30.7 Å². The second-order valence-electron chi connectivity index (χ2n) is 3.52. The topological polar surface area (TPSA) is 32.9 Å². The number of nitrogens with one attached hydrogen (secondary N) is 1. The molecule has 2 aromatic rings. The highest BCUT2D eigenvalue weighted by atomic mass is 35.5. The average molecular weight is 254 g/mol. The monoisotopic (exact) mass is 253 g/mol. The van der Waals surface area contributed by atoms with Crippen LogP contribution in [0.15, 0.2) is 35.3 Å². The summed E-state index contributed by atoms with van der Waals surface area (Å²) in [6.07, 6.45) is 1.64. The van der Waals surface area contributed by atoms with Gasteiger partial charge in [-0.15, -0.1) is 0 Å². The van der Waals surface area contributed by atoms with Gasteiger partial charge in [0.15, 0.2) is 0 Å². The largest absolute Gasteiger partial charge is 0.328 e. The van der Waals surface area contributed by atoms with E-state index in [-0.39, 0.29) is 5.56 Å². The second kappa shape index (κ2) is 4.32. The first-order chi connectivity index (χ1) is 7.58. The molecule has 0 radical (unpaired) electrons. The lowest BCUT2D eigenvalue weighted by atomic mass is 10.1. The minimum absolute atomic E-state index is 0.0890. The van der Waals surface area contributed by atoms with Gasteiger partial charge in [-0.2, -0.15) is 0 Å². The molecule has 0 unspecified atom stereocenters. The number of aromatic nitrogens is 1. The van der Waals surface area contributed by atoms with Crippen molar-refractivity contribution in [3.63, 3.8) is 0 Å². The van der Waals surface area contributed by atoms with Gasteiger partial charge >= 0.3 is 0 Å². The third kappa shape index (κ3) is 2.13. The van der Waals surface area contributed by atoms with Crippen LogP contribution in [-0.4, -0.2) is 4.98 Å². The lowest BCUT2D eigenvalue weighted by Crippen LogP contribution is -2.07. The third-order valence-corrected chi connectivity index (χ3v) is 2.88. The van der Waals surface area contributed by atoms with Crippen molar-refractivity contribution in [2.24, 2.45) is 0 Å². The van der Waals surface area contributed by atoms with E-state index in [1.807, 2.05) is 6.07 Å². The zero-order chi connectivity index (χ0) is 11.7. The molecule has 1 N–H and O–H groups in total. The molecule has 0 aliphatic heterocycles. The summed E-state index contributed by atoms with van der Waals surface area (Å²) in [5.41, 5.74) is 2.29. The van der Waals surface area contributed by atoms with Crippen molar-refractivity contribution in [2.45, 2.75) is 6.92 Å². The summed E-state index contributed by atoms with van der Waals surface area (Å²) >= 11 is 11.9. The lowest BCUT2D eigenvalue weighted by Gasteiger charge is -2.05. The quantitative estimate of drug-likeness (QED) is 0.827. The Balaban J connectivity index is 2.59. The van der Waals surface area contributed by atoms with Crippen molar-refractivity contribution >= 4 is 23.2 Å². The highest BCUT2D eigenvalue weighted by molar-refractivity contribution is 6.36. The number of aryl methyl sites for hydroxylation is 1. The summed E-state index contributed by atoms with van der Waals surface area (Å²) in [5, 5.41) is 1.16. The predicted molar refractivity (Wildman–Crippen MR) is 67.3 cm³/mol. The highest BCUT2D eigenvalue weighted by Gasteiger charge is 2.05. The molecule has 82 valence electrons. The van der Waals surface area contributed by atoms with Gasteiger partial charge in [0.05, 0.1) is 0 Å². The number of halogens is 2. The Morgan fingerprint density at radius 2 is 1.94 bits per heavy atom. The van der Waals surface area contributed by atoms with Gasteiger partial charge in [-0.25, -0.2) is 0 Å². The van der Waals surface area contributed by atoms with Crippen LogP contribution in [-0.2, 0) is 0 Å². The van der Waals surface area contributed by atoms with E-state index in [0.717, 1.165) is 11.1 Å². The molecule has 0 saturated heterocycles. The fourth-order valence-corrected chi connectivity index (χ4v) is 1.99. The van der Waals surface area contributed by atoms with Crippen molar-refractivity contribution in [3.05, 3.63) is 56.4 Å². The van der Waals surface area contributed by atoms with Crippen LogP contribution in [0.4, 0.5) is 0 Å². The average Bonchev–Trinajstić information content (AvgIpc) is 2.22. The zero-order valence-corrected chi connectivity index (χ0v) is 10.1. The third-order valence-electron chi connectivity index (χ3n) is 2.33. The minimum Gasteiger partial charge on any atom is -0.328 e. The van der Waals surface area contributed by atoms with Crippen LogP contribution in [0.2, 0.25) is 10.0 Å². The molecule has 16 heavy (non-hydrogen) atoms. The molecule has 1 aromatic heterocycles. The van der Waals surface area contributed by atoms with Gasteiger partial charge in [0.2, 0.25) is 0 Å². The van der Waals surface area contributed by atoms with Gasteiger partial charge in [-0.3, -0.25) is 4.79 Å². The molecule has 0 bridgehead atoms. The maximum Gasteiger partial charge on any atom is 0.250 e. The fourth-order valence-electron chi connectivity index (χ4n) is 1.48. The van der Waals surface area contributed by atoms with E-state index in [1.165, 1.54) is 0 Å². The van der Waals surface area contributed by atoms with Crippen LogP contribution in [0.5, 0.6) is 0 Å². The summed E-state index contributed by atoms with van der Waals surface area (Å²) < 4.78 is 0. The van der Waals surface area contributed by atoms with E-state index in [0.29, 0.717) is 15.6 Å². The van der Waals surface area contributed by atoms with Crippen molar-refractivity contribution in [1.82, 2.24) is 4.98 Å². The van der Waals surface area contributed by atoms with E-state index < -0.39 is 0 Å². The van der Waals surface area contributed by atoms with Gasteiger partial charge in [-0.1, -0.05) is 29.3 Å². The van der Waals surface area contributed by atoms with Crippen LogP contribution in [0.3, 0.4) is 0 Å². The van der Waals surface area contributed by atoms with Gasteiger partial charge in [0, 0.05) is 27.4 Å². The molecular formula is C12H9Cl2NO. The molecule has 0 amide bonds. The van der Waals surface area contributed by atoms with Crippen LogP contribution in [0, 0.1) is 6.92 Å². The van der Waals surface area contributed by atoms with Gasteiger partial charge < -0.3 is 4.98 Å². The molecule has 2 rings (SSSR count). The van der Waals surface area contributed by atoms with Crippen LogP contribution in [0.1, 0.15) is 5.56 Å². The molecule has 0 saturated carbocycles. The van der Waals surface area contributed by atoms with Gasteiger partial charge in [0.25, 0.3) is 5.56 Å². The molecular weight excluding hydrogens is 245 g/mol. The van der Waals surface area contributed by atoms with Crippen LogP contribution in [0.25, 0.3) is 11.1 Å². The van der Waals surface area contributed by atoms with Crippen molar-refractivity contribution in [2.75, 3.05) is 0 Å². The van der Waals surface area contributed by atoms with Crippen molar-refractivity contribution < 1.29 is 0 Å². The summed E-state index contributed by atoms with van der Waals surface area (Å²) in [4.78, 5) is 13.9. The molecule has 1 aromatic carbocycles. The van der Waals surface area contributed by atoms with E-state index in [9.17, 15) is 4.79 Å². The molecule has 0 atom stereocenters. The van der Waals surface area contributed by atoms with E-state index in [1.54, 1.807) is 31.3 Å². The maximum absolute atomic E-state index is 11.2. The van der Waals surface area contributed by atoms with E-state index >= 15 is 0 Å². The number of hydrogen-bond acceptors (Lipinski definition) is 1. The first kappa shape index (κ1) is 11.2. The van der Waals surface area contributed by atoms with Crippen molar-refractivity contribution in [3.8, 4) is 11.1 Å². The summed E-state index contributed by atoms with van der Waals surface area (Å²) in [6.45, 7) is 1.76. The Bertz CT molecular complexity index is 590. The Hall–Kier alpha value is -1.25. The summed E-state index contributed by atoms with van der Waals surface area (Å²) in [7, 11) is 0. The molecule has 0 spiro atoms. The first-order valence-electron chi connectivity index (χ1n) is 4.72. The number of aromatic amines is 1. The molecule has 0 aliphatic carbocycles. The number of rotatable bonds is 1. The molecule has 4 heteroatoms. The Kier molecular flexibility index (Phi) is 3.03. The maximum atomic E-state index is 11.2. The van der Waals surface area contributed by atoms with Crippen LogP contribution < -0.4 is 5.56 Å².